The van der Waals surface area contributed by atoms with E-state index in [0.29, 0.717) is 24.5 Å². The number of hydrogen-bond acceptors (Lipinski definition) is 5. The quantitative estimate of drug-likeness (QED) is 0.850. The maximum atomic E-state index is 14.7. The molecule has 2 aliphatic rings. The molecule has 0 bridgehead atoms. The number of anilines is 2. The minimum absolute atomic E-state index is 0.0588. The number of benzene rings is 1. The number of nitrogens with zero attached hydrogens (tertiary/aromatic N) is 2. The Labute approximate surface area is 157 Å². The Morgan fingerprint density at radius 3 is 2.56 bits per heavy atom. The molecular weight excluding hydrogens is 353 g/mol. The van der Waals surface area contributed by atoms with Crippen molar-refractivity contribution < 1.29 is 23.5 Å². The summed E-state index contributed by atoms with van der Waals surface area (Å²) >= 11 is 0. The Morgan fingerprint density at radius 1 is 1.26 bits per heavy atom. The highest BCUT2D eigenvalue weighted by Crippen LogP contribution is 2.30. The standard InChI is InChI=1S/C19H24FN3O4/c1-12(24)14-5-7-22(8-6-14)18-4-3-15(9-17(18)20)23-11-16(27-19(23)26)10-21-13(2)25/h3-4,9,14,16H,5-8,10-11H2,1-2H3,(H,21,25). The van der Waals surface area contributed by atoms with Crippen LogP contribution in [0.5, 0.6) is 0 Å². The lowest BCUT2D eigenvalue weighted by Crippen LogP contribution is -2.36. The van der Waals surface area contributed by atoms with Gasteiger partial charge in [0, 0.05) is 25.9 Å². The number of Topliss-reactive ketones (excluding diaryl/α,β-unsaturated/α-hetero) is 1. The molecule has 1 aromatic carbocycles. The fourth-order valence-corrected chi connectivity index (χ4v) is 3.54. The van der Waals surface area contributed by atoms with Crippen molar-refractivity contribution in [3.63, 3.8) is 0 Å². The van der Waals surface area contributed by atoms with Gasteiger partial charge in [0.25, 0.3) is 0 Å². The van der Waals surface area contributed by atoms with Gasteiger partial charge < -0.3 is 15.0 Å². The number of cyclic esters (lactones) is 1. The number of amides is 2. The first-order valence-corrected chi connectivity index (χ1v) is 9.12. The second-order valence-electron chi connectivity index (χ2n) is 7.06. The molecule has 2 heterocycles. The van der Waals surface area contributed by atoms with E-state index in [-0.39, 0.29) is 30.7 Å². The molecule has 1 aromatic rings. The van der Waals surface area contributed by atoms with Crippen molar-refractivity contribution in [1.82, 2.24) is 5.32 Å². The van der Waals surface area contributed by atoms with E-state index in [1.54, 1.807) is 19.1 Å². The molecule has 0 aromatic heterocycles. The number of carbonyl (C=O) groups excluding carboxylic acids is 3. The minimum Gasteiger partial charge on any atom is -0.442 e. The van der Waals surface area contributed by atoms with E-state index in [9.17, 15) is 18.8 Å². The number of nitrogens with one attached hydrogen (secondary N) is 1. The zero-order valence-corrected chi connectivity index (χ0v) is 15.5. The number of halogens is 1. The van der Waals surface area contributed by atoms with Crippen LogP contribution in [-0.2, 0) is 14.3 Å². The van der Waals surface area contributed by atoms with Gasteiger partial charge in [-0.15, -0.1) is 0 Å². The Hall–Kier alpha value is -2.64. The first kappa shape index (κ1) is 19.1. The fraction of sp³-hybridized carbons (Fsp3) is 0.526. The SMILES string of the molecule is CC(=O)NCC1CN(c2ccc(N3CCC(C(C)=O)CC3)c(F)c2)C(=O)O1. The van der Waals surface area contributed by atoms with Crippen molar-refractivity contribution in [3.8, 4) is 0 Å². The zero-order valence-electron chi connectivity index (χ0n) is 15.5. The third-order valence-corrected chi connectivity index (χ3v) is 5.11. The molecule has 3 rings (SSSR count). The van der Waals surface area contributed by atoms with Gasteiger partial charge in [-0.1, -0.05) is 0 Å². The van der Waals surface area contributed by atoms with Crippen LogP contribution in [0.4, 0.5) is 20.6 Å². The monoisotopic (exact) mass is 377 g/mol. The summed E-state index contributed by atoms with van der Waals surface area (Å²) in [5, 5.41) is 2.61. The van der Waals surface area contributed by atoms with Crippen molar-refractivity contribution in [2.45, 2.75) is 32.8 Å². The van der Waals surface area contributed by atoms with Gasteiger partial charge in [0.2, 0.25) is 5.91 Å². The van der Waals surface area contributed by atoms with Crippen molar-refractivity contribution in [2.75, 3.05) is 36.0 Å². The highest BCUT2D eigenvalue weighted by molar-refractivity contribution is 5.90. The van der Waals surface area contributed by atoms with E-state index in [0.717, 1.165) is 12.8 Å². The van der Waals surface area contributed by atoms with Gasteiger partial charge in [-0.05, 0) is 38.0 Å². The second-order valence-corrected chi connectivity index (χ2v) is 7.06. The van der Waals surface area contributed by atoms with Crippen molar-refractivity contribution in [3.05, 3.63) is 24.0 Å². The normalized spacial score (nSPS) is 20.6. The number of piperidine rings is 1. The molecule has 146 valence electrons. The van der Waals surface area contributed by atoms with E-state index >= 15 is 0 Å². The van der Waals surface area contributed by atoms with Crippen LogP contribution < -0.4 is 15.1 Å². The summed E-state index contributed by atoms with van der Waals surface area (Å²) in [6.07, 6.45) is 0.425. The van der Waals surface area contributed by atoms with Gasteiger partial charge >= 0.3 is 6.09 Å². The van der Waals surface area contributed by atoms with E-state index in [1.165, 1.54) is 17.9 Å². The van der Waals surface area contributed by atoms with Crippen molar-refractivity contribution in [1.29, 1.82) is 0 Å². The van der Waals surface area contributed by atoms with Crippen LogP contribution in [0.2, 0.25) is 0 Å². The highest BCUT2D eigenvalue weighted by Gasteiger charge is 2.33. The Bertz CT molecular complexity index is 746. The van der Waals surface area contributed by atoms with E-state index in [4.69, 9.17) is 4.74 Å². The van der Waals surface area contributed by atoms with Crippen LogP contribution in [0.25, 0.3) is 0 Å². The second kappa shape index (κ2) is 7.94. The van der Waals surface area contributed by atoms with Crippen LogP contribution in [0.15, 0.2) is 18.2 Å². The van der Waals surface area contributed by atoms with Crippen LogP contribution in [-0.4, -0.2) is 50.1 Å². The molecule has 1 N–H and O–H groups in total. The van der Waals surface area contributed by atoms with Gasteiger partial charge in [0.05, 0.1) is 24.5 Å². The predicted molar refractivity (Wildman–Crippen MR) is 98.3 cm³/mol. The maximum absolute atomic E-state index is 14.7. The third-order valence-electron chi connectivity index (χ3n) is 5.11. The molecule has 27 heavy (non-hydrogen) atoms. The molecule has 2 amide bonds. The van der Waals surface area contributed by atoms with Crippen molar-refractivity contribution in [2.24, 2.45) is 5.92 Å². The number of carbonyl (C=O) groups is 3. The van der Waals surface area contributed by atoms with Gasteiger partial charge in [-0.25, -0.2) is 9.18 Å². The Kier molecular flexibility index (Phi) is 5.62. The van der Waals surface area contributed by atoms with E-state index in [1.807, 2.05) is 4.90 Å². The van der Waals surface area contributed by atoms with Gasteiger partial charge in [-0.3, -0.25) is 14.5 Å². The largest absolute Gasteiger partial charge is 0.442 e. The van der Waals surface area contributed by atoms with Crippen LogP contribution in [0.1, 0.15) is 26.7 Å². The third kappa shape index (κ3) is 4.37. The van der Waals surface area contributed by atoms with E-state index < -0.39 is 18.0 Å². The number of ketones is 1. The van der Waals surface area contributed by atoms with Gasteiger partial charge in [0.1, 0.15) is 17.7 Å². The molecule has 7 nitrogen and oxygen atoms in total. The Balaban J connectivity index is 1.66. The molecule has 2 aliphatic heterocycles. The maximum Gasteiger partial charge on any atom is 0.414 e. The lowest BCUT2D eigenvalue weighted by molar-refractivity contribution is -0.121. The average Bonchev–Trinajstić information content (AvgIpc) is 3.01. The fourth-order valence-electron chi connectivity index (χ4n) is 3.54. The molecule has 2 saturated heterocycles. The van der Waals surface area contributed by atoms with Crippen LogP contribution in [0.3, 0.4) is 0 Å². The molecule has 0 saturated carbocycles. The lowest BCUT2D eigenvalue weighted by Gasteiger charge is -2.33. The number of rotatable bonds is 5. The summed E-state index contributed by atoms with van der Waals surface area (Å²) in [7, 11) is 0. The summed E-state index contributed by atoms with van der Waals surface area (Å²) in [5.41, 5.74) is 0.897. The summed E-state index contributed by atoms with van der Waals surface area (Å²) in [6.45, 7) is 4.73. The molecule has 1 atom stereocenters. The van der Waals surface area contributed by atoms with Crippen LogP contribution in [0, 0.1) is 11.7 Å². The van der Waals surface area contributed by atoms with E-state index in [2.05, 4.69) is 5.32 Å². The first-order chi connectivity index (χ1) is 12.8. The molecule has 0 radical (unpaired) electrons. The molecule has 0 aliphatic carbocycles. The smallest absolute Gasteiger partial charge is 0.414 e. The lowest BCUT2D eigenvalue weighted by atomic mass is 9.93. The number of hydrogen-bond donors (Lipinski definition) is 1. The highest BCUT2D eigenvalue weighted by atomic mass is 19.1. The van der Waals surface area contributed by atoms with Crippen molar-refractivity contribution >= 4 is 29.2 Å². The molecule has 8 heteroatoms. The predicted octanol–water partition coefficient (Wildman–Crippen LogP) is 2.09. The summed E-state index contributed by atoms with van der Waals surface area (Å²) < 4.78 is 19.9. The average molecular weight is 377 g/mol. The van der Waals surface area contributed by atoms with Gasteiger partial charge in [0.15, 0.2) is 0 Å². The number of ether oxygens (including phenoxy) is 1. The molecular formula is C19H24FN3O4. The topological polar surface area (TPSA) is 79.0 Å². The first-order valence-electron chi connectivity index (χ1n) is 9.12. The Morgan fingerprint density at radius 2 is 1.96 bits per heavy atom. The zero-order chi connectivity index (χ0) is 19.6. The summed E-state index contributed by atoms with van der Waals surface area (Å²) in [4.78, 5) is 37.8. The van der Waals surface area contributed by atoms with Gasteiger partial charge in [-0.2, -0.15) is 0 Å². The minimum atomic E-state index is -0.556. The molecule has 2 fully saturated rings. The van der Waals surface area contributed by atoms with Crippen LogP contribution >= 0.6 is 0 Å². The molecule has 1 unspecified atom stereocenters. The summed E-state index contributed by atoms with van der Waals surface area (Å²) in [5.74, 6) is -0.365. The molecule has 0 spiro atoms. The summed E-state index contributed by atoms with van der Waals surface area (Å²) in [6, 6.07) is 4.68.